The first kappa shape index (κ1) is 15.4. The lowest BCUT2D eigenvalue weighted by Crippen LogP contribution is -2.51. The van der Waals surface area contributed by atoms with Crippen LogP contribution in [0.15, 0.2) is 21.5 Å². The van der Waals surface area contributed by atoms with Crippen LogP contribution in [0, 0.1) is 5.82 Å². The number of amides is 1. The van der Waals surface area contributed by atoms with Crippen molar-refractivity contribution in [2.45, 2.75) is 36.6 Å². The number of hydrogen-bond acceptors (Lipinski definition) is 3. The highest BCUT2D eigenvalue weighted by Gasteiger charge is 2.34. The van der Waals surface area contributed by atoms with Crippen molar-refractivity contribution >= 4 is 31.9 Å². The van der Waals surface area contributed by atoms with E-state index in [0.29, 0.717) is 0 Å². The maximum atomic E-state index is 13.5. The monoisotopic (exact) mass is 364 g/mol. The molecule has 5 nitrogen and oxygen atoms in total. The number of carbonyl (C=O) groups is 1. The lowest BCUT2D eigenvalue weighted by Gasteiger charge is -2.39. The summed E-state index contributed by atoms with van der Waals surface area (Å²) >= 11 is 3.01. The van der Waals surface area contributed by atoms with Crippen LogP contribution >= 0.6 is 15.9 Å². The van der Waals surface area contributed by atoms with Gasteiger partial charge in [-0.15, -0.1) is 0 Å². The standard InChI is InChI=1S/C12H14BrFN2O3S/c1-12(3-2-4-12)16-11(17)8-5-7(14)6-9(10(8)13)20(15,18)19/h5-6H,2-4H2,1H3,(H,16,17)(H2,15,18,19). The molecule has 8 heteroatoms. The summed E-state index contributed by atoms with van der Waals surface area (Å²) in [5.74, 6) is -1.36. The van der Waals surface area contributed by atoms with Gasteiger partial charge in [-0.05, 0) is 54.2 Å². The molecule has 0 aromatic heterocycles. The Morgan fingerprint density at radius 1 is 1.45 bits per heavy atom. The Kier molecular flexibility index (Phi) is 3.92. The fraction of sp³-hybridized carbons (Fsp3) is 0.417. The molecule has 1 aliphatic carbocycles. The molecule has 0 bridgehead atoms. The zero-order chi connectivity index (χ0) is 15.1. The summed E-state index contributed by atoms with van der Waals surface area (Å²) in [6, 6.07) is 1.76. The summed E-state index contributed by atoms with van der Waals surface area (Å²) in [6.45, 7) is 1.89. The second-order valence-electron chi connectivity index (χ2n) is 5.18. The molecule has 1 aliphatic rings. The van der Waals surface area contributed by atoms with Crippen LogP contribution in [0.2, 0.25) is 0 Å². The molecule has 0 aliphatic heterocycles. The maximum Gasteiger partial charge on any atom is 0.252 e. The van der Waals surface area contributed by atoms with Crippen molar-refractivity contribution < 1.29 is 17.6 Å². The number of nitrogens with two attached hydrogens (primary N) is 1. The van der Waals surface area contributed by atoms with Gasteiger partial charge < -0.3 is 5.32 Å². The van der Waals surface area contributed by atoms with Crippen molar-refractivity contribution in [1.82, 2.24) is 5.32 Å². The first-order chi connectivity index (χ1) is 9.12. The second kappa shape index (κ2) is 5.09. The number of halogens is 2. The van der Waals surface area contributed by atoms with E-state index in [1.165, 1.54) is 0 Å². The Morgan fingerprint density at radius 3 is 2.50 bits per heavy atom. The van der Waals surface area contributed by atoms with Crippen LogP contribution in [0.3, 0.4) is 0 Å². The van der Waals surface area contributed by atoms with Crippen LogP contribution in [-0.2, 0) is 10.0 Å². The van der Waals surface area contributed by atoms with Crippen LogP contribution < -0.4 is 10.5 Å². The van der Waals surface area contributed by atoms with Crippen molar-refractivity contribution in [3.8, 4) is 0 Å². The first-order valence-corrected chi connectivity index (χ1v) is 8.31. The SMILES string of the molecule is CC1(NC(=O)c2cc(F)cc(S(N)(=O)=O)c2Br)CCC1. The fourth-order valence-corrected chi connectivity index (χ4v) is 3.83. The van der Waals surface area contributed by atoms with Crippen LogP contribution in [0.4, 0.5) is 4.39 Å². The molecular weight excluding hydrogens is 351 g/mol. The van der Waals surface area contributed by atoms with Gasteiger partial charge in [-0.25, -0.2) is 17.9 Å². The van der Waals surface area contributed by atoms with E-state index < -0.39 is 26.6 Å². The topological polar surface area (TPSA) is 89.3 Å². The van der Waals surface area contributed by atoms with Gasteiger partial charge >= 0.3 is 0 Å². The van der Waals surface area contributed by atoms with E-state index in [2.05, 4.69) is 21.2 Å². The summed E-state index contributed by atoms with van der Waals surface area (Å²) in [5, 5.41) is 7.79. The average molecular weight is 365 g/mol. The van der Waals surface area contributed by atoms with Gasteiger partial charge in [-0.3, -0.25) is 4.79 Å². The van der Waals surface area contributed by atoms with Crippen molar-refractivity contribution in [3.63, 3.8) is 0 Å². The number of hydrogen-bond donors (Lipinski definition) is 2. The van der Waals surface area contributed by atoms with Crippen molar-refractivity contribution in [2.75, 3.05) is 0 Å². The zero-order valence-corrected chi connectivity index (χ0v) is 13.1. The van der Waals surface area contributed by atoms with Crippen LogP contribution in [0.1, 0.15) is 36.5 Å². The quantitative estimate of drug-likeness (QED) is 0.858. The van der Waals surface area contributed by atoms with E-state index in [1.54, 1.807) is 0 Å². The number of primary sulfonamides is 1. The van der Waals surface area contributed by atoms with Crippen molar-refractivity contribution in [2.24, 2.45) is 5.14 Å². The smallest absolute Gasteiger partial charge is 0.252 e. The summed E-state index contributed by atoms with van der Waals surface area (Å²) in [4.78, 5) is 11.7. The van der Waals surface area contributed by atoms with E-state index in [9.17, 15) is 17.6 Å². The molecule has 0 atom stereocenters. The minimum atomic E-state index is -4.11. The van der Waals surface area contributed by atoms with E-state index in [4.69, 9.17) is 5.14 Å². The number of rotatable bonds is 3. The molecule has 110 valence electrons. The van der Waals surface area contributed by atoms with Crippen molar-refractivity contribution in [1.29, 1.82) is 0 Å². The van der Waals surface area contributed by atoms with E-state index in [-0.39, 0.29) is 15.6 Å². The lowest BCUT2D eigenvalue weighted by atomic mass is 9.78. The highest BCUT2D eigenvalue weighted by Crippen LogP contribution is 2.32. The highest BCUT2D eigenvalue weighted by molar-refractivity contribution is 9.10. The first-order valence-electron chi connectivity index (χ1n) is 5.97. The molecule has 1 aromatic rings. The van der Waals surface area contributed by atoms with Gasteiger partial charge in [0.15, 0.2) is 0 Å². The van der Waals surface area contributed by atoms with E-state index >= 15 is 0 Å². The van der Waals surface area contributed by atoms with E-state index in [0.717, 1.165) is 31.4 Å². The third-order valence-corrected chi connectivity index (χ3v) is 5.48. The fourth-order valence-electron chi connectivity index (χ4n) is 2.11. The third-order valence-electron chi connectivity index (χ3n) is 3.43. The normalized spacial score (nSPS) is 17.4. The van der Waals surface area contributed by atoms with Gasteiger partial charge in [0.1, 0.15) is 5.82 Å². The summed E-state index contributed by atoms with van der Waals surface area (Å²) in [6.07, 6.45) is 2.70. The Labute approximate surface area is 124 Å². The van der Waals surface area contributed by atoms with E-state index in [1.807, 2.05) is 6.92 Å². The molecule has 1 saturated carbocycles. The molecule has 0 saturated heterocycles. The zero-order valence-electron chi connectivity index (χ0n) is 10.7. The molecule has 0 unspecified atom stereocenters. The molecule has 1 fully saturated rings. The minimum absolute atomic E-state index is 0.0261. The Hall–Kier alpha value is -0.990. The molecule has 2 rings (SSSR count). The third kappa shape index (κ3) is 3.02. The second-order valence-corrected chi connectivity index (χ2v) is 7.50. The molecular formula is C12H14BrFN2O3S. The minimum Gasteiger partial charge on any atom is -0.347 e. The van der Waals surface area contributed by atoms with Gasteiger partial charge in [-0.2, -0.15) is 0 Å². The van der Waals surface area contributed by atoms with Gasteiger partial charge in [0.25, 0.3) is 5.91 Å². The predicted octanol–water partition coefficient (Wildman–Crippen LogP) is 1.91. The molecule has 0 spiro atoms. The summed E-state index contributed by atoms with van der Waals surface area (Å²) in [5.41, 5.74) is -0.396. The number of sulfonamides is 1. The Balaban J connectivity index is 2.41. The van der Waals surface area contributed by atoms with Crippen molar-refractivity contribution in [3.05, 3.63) is 28.0 Å². The number of carbonyl (C=O) groups excluding carboxylic acids is 1. The number of nitrogens with one attached hydrogen (secondary N) is 1. The summed E-state index contributed by atoms with van der Waals surface area (Å²) < 4.78 is 36.2. The van der Waals surface area contributed by atoms with Gasteiger partial charge in [-0.1, -0.05) is 0 Å². The van der Waals surface area contributed by atoms with Crippen LogP contribution in [0.25, 0.3) is 0 Å². The largest absolute Gasteiger partial charge is 0.347 e. The number of benzene rings is 1. The van der Waals surface area contributed by atoms with Gasteiger partial charge in [0.2, 0.25) is 10.0 Å². The van der Waals surface area contributed by atoms with Gasteiger partial charge in [0.05, 0.1) is 14.9 Å². The van der Waals surface area contributed by atoms with Crippen LogP contribution in [-0.4, -0.2) is 19.9 Å². The highest BCUT2D eigenvalue weighted by atomic mass is 79.9. The molecule has 1 amide bonds. The predicted molar refractivity (Wildman–Crippen MR) is 75.2 cm³/mol. The Bertz CT molecular complexity index is 672. The average Bonchev–Trinajstić information content (AvgIpc) is 2.28. The molecule has 0 radical (unpaired) electrons. The molecule has 0 heterocycles. The molecule has 20 heavy (non-hydrogen) atoms. The maximum absolute atomic E-state index is 13.5. The van der Waals surface area contributed by atoms with Crippen LogP contribution in [0.5, 0.6) is 0 Å². The Morgan fingerprint density at radius 2 is 2.05 bits per heavy atom. The summed E-state index contributed by atoms with van der Waals surface area (Å²) in [7, 11) is -4.11. The molecule has 3 N–H and O–H groups in total. The van der Waals surface area contributed by atoms with Gasteiger partial charge in [0, 0.05) is 5.54 Å². The molecule has 1 aromatic carbocycles. The lowest BCUT2D eigenvalue weighted by molar-refractivity contribution is 0.0849.